The van der Waals surface area contributed by atoms with E-state index >= 15 is 0 Å². The summed E-state index contributed by atoms with van der Waals surface area (Å²) in [7, 11) is 4.68. The summed E-state index contributed by atoms with van der Waals surface area (Å²) in [4.78, 5) is 13.1. The summed E-state index contributed by atoms with van der Waals surface area (Å²) in [5.74, 6) is -0.142. The van der Waals surface area contributed by atoms with Gasteiger partial charge in [-0.15, -0.1) is 0 Å². The lowest BCUT2D eigenvalue weighted by molar-refractivity contribution is -0.135. The van der Waals surface area contributed by atoms with Gasteiger partial charge in [0.1, 0.15) is 10.6 Å². The highest BCUT2D eigenvalue weighted by molar-refractivity contribution is 8.13. The summed E-state index contributed by atoms with van der Waals surface area (Å²) >= 11 is 0. The molecule has 0 fully saturated rings. The first-order chi connectivity index (χ1) is 9.04. The van der Waals surface area contributed by atoms with E-state index < -0.39 is 15.2 Å². The lowest BCUT2D eigenvalue weighted by Gasteiger charge is -2.21. The van der Waals surface area contributed by atoms with E-state index in [0.717, 1.165) is 5.56 Å². The predicted octanol–water partition coefficient (Wildman–Crippen LogP) is 2.09. The van der Waals surface area contributed by atoms with Crippen molar-refractivity contribution in [3.8, 4) is 5.75 Å². The monoisotopic (exact) mass is 319 g/mol. The van der Waals surface area contributed by atoms with Crippen LogP contribution in [0.2, 0.25) is 0 Å². The minimum atomic E-state index is -3.95. The summed E-state index contributed by atoms with van der Waals surface area (Å²) in [5, 5.41) is 0. The van der Waals surface area contributed by atoms with E-state index in [1.165, 1.54) is 11.0 Å². The van der Waals surface area contributed by atoms with Crippen molar-refractivity contribution in [1.29, 1.82) is 0 Å². The van der Waals surface area contributed by atoms with Gasteiger partial charge in [-0.05, 0) is 38.0 Å². The lowest BCUT2D eigenvalue weighted by atomic mass is 10.1. The van der Waals surface area contributed by atoms with Gasteiger partial charge in [0.25, 0.3) is 15.0 Å². The molecule has 1 unspecified atom stereocenters. The zero-order valence-electron chi connectivity index (χ0n) is 12.1. The fourth-order valence-electron chi connectivity index (χ4n) is 1.84. The zero-order valence-corrected chi connectivity index (χ0v) is 13.7. The number of amides is 1. The van der Waals surface area contributed by atoms with Crippen molar-refractivity contribution in [2.75, 3.05) is 14.1 Å². The Bertz CT molecular complexity index is 626. The first-order valence-electron chi connectivity index (χ1n) is 5.97. The van der Waals surface area contributed by atoms with Gasteiger partial charge in [-0.25, -0.2) is 8.42 Å². The fourth-order valence-corrected chi connectivity index (χ4v) is 2.94. The first kappa shape index (κ1) is 16.8. The summed E-state index contributed by atoms with van der Waals surface area (Å²) in [6.07, 6.45) is -0.802. The molecule has 1 aromatic carbocycles. The fraction of sp³-hybridized carbons (Fsp3) is 0.462. The largest absolute Gasteiger partial charge is 0.479 e. The number of hydrogen-bond donors (Lipinski definition) is 0. The molecule has 0 spiro atoms. The second kappa shape index (κ2) is 6.01. The van der Waals surface area contributed by atoms with Gasteiger partial charge in [-0.3, -0.25) is 4.79 Å². The Hall–Kier alpha value is -1.27. The van der Waals surface area contributed by atoms with Gasteiger partial charge >= 0.3 is 0 Å². The van der Waals surface area contributed by atoms with Crippen LogP contribution in [0.3, 0.4) is 0 Å². The maximum absolute atomic E-state index is 11.8. The maximum Gasteiger partial charge on any atom is 0.265 e. The molecule has 0 aliphatic heterocycles. The molecule has 0 heterocycles. The Kier molecular flexibility index (Phi) is 5.05. The van der Waals surface area contributed by atoms with E-state index in [9.17, 15) is 13.2 Å². The molecule has 0 bridgehead atoms. The van der Waals surface area contributed by atoms with E-state index in [1.54, 1.807) is 40.9 Å². The van der Waals surface area contributed by atoms with Crippen molar-refractivity contribution in [2.45, 2.75) is 31.8 Å². The zero-order chi connectivity index (χ0) is 15.7. The average Bonchev–Trinajstić information content (AvgIpc) is 2.29. The third-order valence-corrected chi connectivity index (χ3v) is 4.06. The molecule has 0 N–H and O–H groups in total. The van der Waals surface area contributed by atoms with Gasteiger partial charge in [0, 0.05) is 24.8 Å². The van der Waals surface area contributed by atoms with Gasteiger partial charge in [-0.2, -0.15) is 0 Å². The summed E-state index contributed by atoms with van der Waals surface area (Å²) in [6, 6.07) is 3.20. The SMILES string of the molecule is Cc1cc(C)c(OC(C)C(=O)N(C)C)c(S(=O)(=O)Cl)c1. The number of nitrogens with zero attached hydrogens (tertiary/aromatic N) is 1. The number of carbonyl (C=O) groups is 1. The number of hydrogen-bond acceptors (Lipinski definition) is 4. The topological polar surface area (TPSA) is 63.7 Å². The molecular weight excluding hydrogens is 302 g/mol. The van der Waals surface area contributed by atoms with E-state index in [0.29, 0.717) is 5.56 Å². The van der Waals surface area contributed by atoms with Gasteiger partial charge in [0.05, 0.1) is 0 Å². The molecule has 0 aromatic heterocycles. The van der Waals surface area contributed by atoms with Crippen LogP contribution in [0.1, 0.15) is 18.1 Å². The van der Waals surface area contributed by atoms with Gasteiger partial charge in [0.2, 0.25) is 0 Å². The average molecular weight is 320 g/mol. The number of likely N-dealkylation sites (N-methyl/N-ethyl adjacent to an activating group) is 1. The predicted molar refractivity (Wildman–Crippen MR) is 77.7 cm³/mol. The molecule has 112 valence electrons. The van der Waals surface area contributed by atoms with Crippen LogP contribution in [0.4, 0.5) is 0 Å². The van der Waals surface area contributed by atoms with Crippen molar-refractivity contribution in [2.24, 2.45) is 0 Å². The first-order valence-corrected chi connectivity index (χ1v) is 8.28. The number of ether oxygens (including phenoxy) is 1. The molecule has 0 radical (unpaired) electrons. The van der Waals surface area contributed by atoms with Crippen LogP contribution in [-0.4, -0.2) is 39.4 Å². The molecule has 0 aliphatic rings. The molecule has 1 atom stereocenters. The molecule has 20 heavy (non-hydrogen) atoms. The second-order valence-electron chi connectivity index (χ2n) is 4.84. The number of carbonyl (C=O) groups excluding carboxylic acids is 1. The van der Waals surface area contributed by atoms with Crippen molar-refractivity contribution in [3.05, 3.63) is 23.3 Å². The highest BCUT2D eigenvalue weighted by Gasteiger charge is 2.24. The molecule has 0 saturated carbocycles. The number of rotatable bonds is 4. The second-order valence-corrected chi connectivity index (χ2v) is 7.37. The van der Waals surface area contributed by atoms with Crippen LogP contribution in [0.5, 0.6) is 5.75 Å². The van der Waals surface area contributed by atoms with Crippen LogP contribution in [0.25, 0.3) is 0 Å². The maximum atomic E-state index is 11.8. The summed E-state index contributed by atoms with van der Waals surface area (Å²) in [6.45, 7) is 5.03. The molecule has 7 heteroatoms. The van der Waals surface area contributed by atoms with Crippen molar-refractivity contribution >= 4 is 25.6 Å². The third-order valence-electron chi connectivity index (χ3n) is 2.73. The van der Waals surface area contributed by atoms with Gasteiger partial charge in [-0.1, -0.05) is 6.07 Å². The smallest absolute Gasteiger partial charge is 0.265 e. The third kappa shape index (κ3) is 3.86. The molecule has 1 amide bonds. The van der Waals surface area contributed by atoms with Crippen LogP contribution in [-0.2, 0) is 13.8 Å². The Morgan fingerprint density at radius 2 is 1.85 bits per heavy atom. The van der Waals surface area contributed by atoms with Gasteiger partial charge in [0.15, 0.2) is 6.10 Å². The standard InChI is InChI=1S/C13H18ClNO4S/c1-8-6-9(2)12(11(7-8)20(14,17)18)19-10(3)13(16)15(4)5/h6-7,10H,1-5H3. The highest BCUT2D eigenvalue weighted by Crippen LogP contribution is 2.32. The Morgan fingerprint density at radius 3 is 2.30 bits per heavy atom. The van der Waals surface area contributed by atoms with E-state index in [2.05, 4.69) is 0 Å². The van der Waals surface area contributed by atoms with Crippen LogP contribution < -0.4 is 4.74 Å². The number of benzene rings is 1. The van der Waals surface area contributed by atoms with E-state index in [-0.39, 0.29) is 16.6 Å². The normalized spacial score (nSPS) is 12.9. The molecule has 0 aliphatic carbocycles. The minimum absolute atomic E-state index is 0.116. The van der Waals surface area contributed by atoms with Gasteiger partial charge < -0.3 is 9.64 Å². The summed E-state index contributed by atoms with van der Waals surface area (Å²) in [5.41, 5.74) is 1.36. The highest BCUT2D eigenvalue weighted by atomic mass is 35.7. The molecule has 1 aromatic rings. The van der Waals surface area contributed by atoms with Crippen LogP contribution in [0.15, 0.2) is 17.0 Å². The molecule has 1 rings (SSSR count). The number of halogens is 1. The quantitative estimate of drug-likeness (QED) is 0.797. The Morgan fingerprint density at radius 1 is 1.30 bits per heavy atom. The van der Waals surface area contributed by atoms with E-state index in [4.69, 9.17) is 15.4 Å². The lowest BCUT2D eigenvalue weighted by Crippen LogP contribution is -2.35. The van der Waals surface area contributed by atoms with Crippen molar-refractivity contribution in [1.82, 2.24) is 4.90 Å². The summed E-state index contributed by atoms with van der Waals surface area (Å²) < 4.78 is 28.8. The molecule has 0 saturated heterocycles. The van der Waals surface area contributed by atoms with Crippen molar-refractivity contribution in [3.63, 3.8) is 0 Å². The molecule has 5 nitrogen and oxygen atoms in total. The Labute approximate surface area is 123 Å². The van der Waals surface area contributed by atoms with Crippen molar-refractivity contribution < 1.29 is 17.9 Å². The minimum Gasteiger partial charge on any atom is -0.479 e. The van der Waals surface area contributed by atoms with Crippen LogP contribution in [0, 0.1) is 13.8 Å². The number of aryl methyl sites for hydroxylation is 2. The van der Waals surface area contributed by atoms with E-state index in [1.807, 2.05) is 0 Å². The Balaban J connectivity index is 3.28. The van der Waals surface area contributed by atoms with Crippen LogP contribution >= 0.6 is 10.7 Å². The molecular formula is C13H18ClNO4S.